The van der Waals surface area contributed by atoms with Crippen LogP contribution in [-0.2, 0) is 25.7 Å². The van der Waals surface area contributed by atoms with Gasteiger partial charge in [0, 0.05) is 31.1 Å². The van der Waals surface area contributed by atoms with Gasteiger partial charge in [-0.15, -0.1) is 0 Å². The fourth-order valence-electron chi connectivity index (χ4n) is 3.41. The number of alkyl halides is 3. The molecule has 1 aliphatic heterocycles. The number of hydrogen-bond acceptors (Lipinski definition) is 3. The monoisotopic (exact) mass is 349 g/mol. The molecule has 0 saturated heterocycles. The minimum absolute atomic E-state index is 0.295. The molecule has 0 spiro atoms. The molecule has 8 heteroatoms. The second-order valence-corrected chi connectivity index (χ2v) is 6.48. The normalized spacial score (nSPS) is 17.8. The highest BCUT2D eigenvalue weighted by atomic mass is 19.4. The third-order valence-corrected chi connectivity index (χ3v) is 4.69. The lowest BCUT2D eigenvalue weighted by Gasteiger charge is -2.24. The number of H-pyrrole nitrogens is 1. The lowest BCUT2D eigenvalue weighted by atomic mass is 9.99. The van der Waals surface area contributed by atoms with E-state index in [0.717, 1.165) is 35.6 Å². The maximum Gasteiger partial charge on any atom is 0.434 e. The van der Waals surface area contributed by atoms with Crippen molar-refractivity contribution in [2.24, 2.45) is 5.92 Å². The molecular formula is C17H18F3N5. The first-order valence-corrected chi connectivity index (χ1v) is 8.25. The van der Waals surface area contributed by atoms with E-state index in [9.17, 15) is 13.2 Å². The zero-order chi connectivity index (χ0) is 17.4. The first-order chi connectivity index (χ1) is 12.0. The Labute approximate surface area is 142 Å². The van der Waals surface area contributed by atoms with Crippen LogP contribution in [0.25, 0.3) is 10.9 Å². The summed E-state index contributed by atoms with van der Waals surface area (Å²) >= 11 is 0. The lowest BCUT2D eigenvalue weighted by Crippen LogP contribution is -2.29. The second-order valence-electron chi connectivity index (χ2n) is 6.48. The Morgan fingerprint density at radius 2 is 2.20 bits per heavy atom. The smallest absolute Gasteiger partial charge is 0.334 e. The van der Waals surface area contributed by atoms with Crippen molar-refractivity contribution in [1.29, 1.82) is 0 Å². The van der Waals surface area contributed by atoms with Crippen LogP contribution in [0, 0.1) is 5.92 Å². The van der Waals surface area contributed by atoms with Gasteiger partial charge in [0.05, 0.1) is 11.7 Å². The maximum atomic E-state index is 12.8. The molecule has 0 amide bonds. The van der Waals surface area contributed by atoms with Crippen LogP contribution in [0.1, 0.15) is 23.5 Å². The van der Waals surface area contributed by atoms with Crippen molar-refractivity contribution in [3.8, 4) is 0 Å². The number of nitrogens with zero attached hydrogens (tertiary/aromatic N) is 3. The number of imidazole rings is 1. The molecule has 0 bridgehead atoms. The van der Waals surface area contributed by atoms with Gasteiger partial charge < -0.3 is 9.88 Å². The van der Waals surface area contributed by atoms with Crippen LogP contribution in [0.2, 0.25) is 0 Å². The Kier molecular flexibility index (Phi) is 3.99. The van der Waals surface area contributed by atoms with E-state index in [1.807, 2.05) is 18.2 Å². The average Bonchev–Trinajstić information content (AvgIpc) is 3.21. The summed E-state index contributed by atoms with van der Waals surface area (Å²) in [6, 6.07) is 6.03. The Hall–Kier alpha value is -2.35. The van der Waals surface area contributed by atoms with Crippen LogP contribution in [0.4, 0.5) is 13.2 Å². The zero-order valence-electron chi connectivity index (χ0n) is 13.5. The van der Waals surface area contributed by atoms with Crippen LogP contribution in [0.3, 0.4) is 0 Å². The second kappa shape index (κ2) is 6.18. The Morgan fingerprint density at radius 3 is 3.04 bits per heavy atom. The largest absolute Gasteiger partial charge is 0.434 e. The van der Waals surface area contributed by atoms with E-state index >= 15 is 0 Å². The van der Waals surface area contributed by atoms with Gasteiger partial charge >= 0.3 is 6.18 Å². The highest BCUT2D eigenvalue weighted by Gasteiger charge is 2.35. The van der Waals surface area contributed by atoms with Crippen molar-refractivity contribution in [3.05, 3.63) is 47.7 Å². The molecule has 0 radical (unpaired) electrons. The molecule has 3 aromatic rings. The number of benzene rings is 1. The summed E-state index contributed by atoms with van der Waals surface area (Å²) in [5.41, 5.74) is 1.36. The SMILES string of the molecule is FC(F)(F)c1cn2c(n1)CC[C@@H](CNCc1cccc3cn[nH]c13)C2. The van der Waals surface area contributed by atoms with Crippen molar-refractivity contribution in [1.82, 2.24) is 25.1 Å². The Morgan fingerprint density at radius 1 is 1.32 bits per heavy atom. The van der Waals surface area contributed by atoms with E-state index in [0.29, 0.717) is 31.3 Å². The number of aromatic amines is 1. The Bertz CT molecular complexity index is 880. The van der Waals surface area contributed by atoms with Gasteiger partial charge in [0.2, 0.25) is 0 Å². The predicted molar refractivity (Wildman–Crippen MR) is 86.8 cm³/mol. The molecule has 1 atom stereocenters. The number of rotatable bonds is 4. The zero-order valence-corrected chi connectivity index (χ0v) is 13.5. The molecule has 0 aliphatic carbocycles. The van der Waals surface area contributed by atoms with Gasteiger partial charge in [0.1, 0.15) is 5.82 Å². The molecule has 4 rings (SSSR count). The fourth-order valence-corrected chi connectivity index (χ4v) is 3.41. The minimum Gasteiger partial charge on any atom is -0.334 e. The van der Waals surface area contributed by atoms with E-state index in [2.05, 4.69) is 20.5 Å². The summed E-state index contributed by atoms with van der Waals surface area (Å²) in [6.45, 7) is 2.02. The lowest BCUT2D eigenvalue weighted by molar-refractivity contribution is -0.141. The van der Waals surface area contributed by atoms with E-state index in [1.165, 1.54) is 0 Å². The molecule has 0 saturated carbocycles. The van der Waals surface area contributed by atoms with Gasteiger partial charge in [0.25, 0.3) is 0 Å². The molecule has 132 valence electrons. The van der Waals surface area contributed by atoms with E-state index < -0.39 is 11.9 Å². The van der Waals surface area contributed by atoms with E-state index in [1.54, 1.807) is 10.8 Å². The van der Waals surface area contributed by atoms with Crippen molar-refractivity contribution in [2.45, 2.75) is 32.1 Å². The molecular weight excluding hydrogens is 331 g/mol. The summed E-state index contributed by atoms with van der Waals surface area (Å²) in [5, 5.41) is 11.5. The summed E-state index contributed by atoms with van der Waals surface area (Å²) in [7, 11) is 0. The van der Waals surface area contributed by atoms with Gasteiger partial charge in [-0.3, -0.25) is 5.10 Å². The van der Waals surface area contributed by atoms with Gasteiger partial charge in [-0.25, -0.2) is 4.98 Å². The summed E-state index contributed by atoms with van der Waals surface area (Å²) in [6.07, 6.45) is -0.0272. The fraction of sp³-hybridized carbons (Fsp3) is 0.412. The molecule has 2 N–H and O–H groups in total. The molecule has 0 unspecified atom stereocenters. The number of aryl methyl sites for hydroxylation is 1. The molecule has 5 nitrogen and oxygen atoms in total. The molecule has 1 aliphatic rings. The number of hydrogen-bond donors (Lipinski definition) is 2. The third-order valence-electron chi connectivity index (χ3n) is 4.69. The van der Waals surface area contributed by atoms with Crippen LogP contribution in [-0.4, -0.2) is 26.3 Å². The summed E-state index contributed by atoms with van der Waals surface area (Å²) in [4.78, 5) is 3.72. The molecule has 2 aromatic heterocycles. The number of nitrogens with one attached hydrogen (secondary N) is 2. The molecule has 1 aromatic carbocycles. The maximum absolute atomic E-state index is 12.8. The summed E-state index contributed by atoms with van der Waals surface area (Å²) < 4.78 is 39.9. The number of aromatic nitrogens is 4. The molecule has 0 fully saturated rings. The van der Waals surface area contributed by atoms with Gasteiger partial charge in [-0.1, -0.05) is 18.2 Å². The van der Waals surface area contributed by atoms with Crippen molar-refractivity contribution < 1.29 is 13.2 Å². The van der Waals surface area contributed by atoms with Crippen LogP contribution in [0.5, 0.6) is 0 Å². The quantitative estimate of drug-likeness (QED) is 0.761. The number of para-hydroxylation sites is 1. The standard InChI is InChI=1S/C17H18F3N5/c18-17(19,20)14-10-25-9-11(4-5-15(25)23-14)6-21-7-12-2-1-3-13-8-22-24-16(12)13/h1-3,8,10-11,21H,4-7,9H2,(H,22,24)/t11-/m0/s1. The van der Waals surface area contributed by atoms with Crippen LogP contribution in [0.15, 0.2) is 30.6 Å². The minimum atomic E-state index is -4.37. The van der Waals surface area contributed by atoms with Crippen LogP contribution < -0.4 is 5.32 Å². The van der Waals surface area contributed by atoms with Crippen molar-refractivity contribution >= 4 is 10.9 Å². The van der Waals surface area contributed by atoms with E-state index in [4.69, 9.17) is 0 Å². The first-order valence-electron chi connectivity index (χ1n) is 8.25. The van der Waals surface area contributed by atoms with Crippen molar-refractivity contribution in [2.75, 3.05) is 6.54 Å². The summed E-state index contributed by atoms with van der Waals surface area (Å²) in [5.74, 6) is 0.828. The van der Waals surface area contributed by atoms with Crippen LogP contribution >= 0.6 is 0 Å². The average molecular weight is 349 g/mol. The Balaban J connectivity index is 1.37. The highest BCUT2D eigenvalue weighted by molar-refractivity contribution is 5.81. The van der Waals surface area contributed by atoms with Crippen molar-refractivity contribution in [3.63, 3.8) is 0 Å². The van der Waals surface area contributed by atoms with Gasteiger partial charge in [0.15, 0.2) is 5.69 Å². The topological polar surface area (TPSA) is 58.5 Å². The van der Waals surface area contributed by atoms with E-state index in [-0.39, 0.29) is 0 Å². The third kappa shape index (κ3) is 3.26. The molecule has 25 heavy (non-hydrogen) atoms. The van der Waals surface area contributed by atoms with Gasteiger partial charge in [-0.2, -0.15) is 18.3 Å². The van der Waals surface area contributed by atoms with Gasteiger partial charge in [-0.05, 0) is 24.4 Å². The number of halogens is 3. The first kappa shape index (κ1) is 16.1. The predicted octanol–water partition coefficient (Wildman–Crippen LogP) is 3.13. The molecule has 3 heterocycles. The number of fused-ring (bicyclic) bond motifs is 2. The highest BCUT2D eigenvalue weighted by Crippen LogP contribution is 2.30.